The molecule has 5 rings (SSSR count). The van der Waals surface area contributed by atoms with Crippen LogP contribution in [0.1, 0.15) is 22.5 Å². The quantitative estimate of drug-likeness (QED) is 0.457. The SMILES string of the molecule is O=c1[nH]c2cc3[nH]c(=O)c(Cc4ccccc4)nc3cc2nc1Cc1ccccc1. The zero-order valence-corrected chi connectivity index (χ0v) is 16.1. The van der Waals surface area contributed by atoms with Crippen molar-refractivity contribution in [2.24, 2.45) is 0 Å². The second kappa shape index (κ2) is 7.40. The normalized spacial score (nSPS) is 11.2. The van der Waals surface area contributed by atoms with Crippen LogP contribution in [-0.2, 0) is 12.8 Å². The molecule has 6 heteroatoms. The Morgan fingerprint density at radius 1 is 0.600 bits per heavy atom. The van der Waals surface area contributed by atoms with Gasteiger partial charge in [0.1, 0.15) is 11.4 Å². The van der Waals surface area contributed by atoms with Crippen LogP contribution in [0.4, 0.5) is 0 Å². The molecule has 0 unspecified atom stereocenters. The minimum Gasteiger partial charge on any atom is -0.319 e. The van der Waals surface area contributed by atoms with Crippen molar-refractivity contribution in [1.29, 1.82) is 0 Å². The molecule has 0 aliphatic heterocycles. The first kappa shape index (κ1) is 18.0. The summed E-state index contributed by atoms with van der Waals surface area (Å²) in [4.78, 5) is 39.9. The minimum atomic E-state index is -0.235. The van der Waals surface area contributed by atoms with Crippen LogP contribution < -0.4 is 11.1 Å². The van der Waals surface area contributed by atoms with E-state index in [0.29, 0.717) is 46.3 Å². The molecular formula is C24H18N4O2. The number of nitrogens with one attached hydrogen (secondary N) is 2. The maximum Gasteiger partial charge on any atom is 0.270 e. The highest BCUT2D eigenvalue weighted by Gasteiger charge is 2.11. The molecule has 2 N–H and O–H groups in total. The third kappa shape index (κ3) is 3.51. The van der Waals surface area contributed by atoms with Crippen LogP contribution in [0.5, 0.6) is 0 Å². The summed E-state index contributed by atoms with van der Waals surface area (Å²) < 4.78 is 0. The summed E-state index contributed by atoms with van der Waals surface area (Å²) in [6, 6.07) is 23.0. The fraction of sp³-hybridized carbons (Fsp3) is 0.0833. The number of H-pyrrole nitrogens is 2. The molecule has 6 nitrogen and oxygen atoms in total. The first-order valence-electron chi connectivity index (χ1n) is 9.69. The molecular weight excluding hydrogens is 376 g/mol. The molecule has 3 aromatic carbocycles. The van der Waals surface area contributed by atoms with Gasteiger partial charge in [0.25, 0.3) is 11.1 Å². The van der Waals surface area contributed by atoms with Gasteiger partial charge in [-0.05, 0) is 23.3 Å². The van der Waals surface area contributed by atoms with E-state index in [2.05, 4.69) is 19.9 Å². The van der Waals surface area contributed by atoms with Gasteiger partial charge in [-0.15, -0.1) is 0 Å². The molecule has 0 atom stereocenters. The summed E-state index contributed by atoms with van der Waals surface area (Å²) in [6.45, 7) is 0. The van der Waals surface area contributed by atoms with E-state index in [1.54, 1.807) is 12.1 Å². The number of fused-ring (bicyclic) bond motifs is 2. The molecule has 0 bridgehead atoms. The van der Waals surface area contributed by atoms with Gasteiger partial charge in [0.2, 0.25) is 0 Å². The summed E-state index contributed by atoms with van der Waals surface area (Å²) >= 11 is 0. The summed E-state index contributed by atoms with van der Waals surface area (Å²) in [5.41, 5.74) is 4.87. The molecule has 0 saturated heterocycles. The number of nitrogens with zero attached hydrogens (tertiary/aromatic N) is 2. The highest BCUT2D eigenvalue weighted by Crippen LogP contribution is 2.17. The Hall–Kier alpha value is -4.06. The summed E-state index contributed by atoms with van der Waals surface area (Å²) in [7, 11) is 0. The summed E-state index contributed by atoms with van der Waals surface area (Å²) in [5, 5.41) is 0. The largest absolute Gasteiger partial charge is 0.319 e. The predicted octanol–water partition coefficient (Wildman–Crippen LogP) is 3.34. The Morgan fingerprint density at radius 3 is 1.47 bits per heavy atom. The molecule has 2 heterocycles. The molecule has 30 heavy (non-hydrogen) atoms. The predicted molar refractivity (Wildman–Crippen MR) is 117 cm³/mol. The number of hydrogen-bond donors (Lipinski definition) is 2. The van der Waals surface area contributed by atoms with Crippen LogP contribution in [0.15, 0.2) is 82.4 Å². The Morgan fingerprint density at radius 2 is 1.03 bits per heavy atom. The van der Waals surface area contributed by atoms with E-state index in [9.17, 15) is 9.59 Å². The van der Waals surface area contributed by atoms with Crippen molar-refractivity contribution in [2.45, 2.75) is 12.8 Å². The topological polar surface area (TPSA) is 91.5 Å². The minimum absolute atomic E-state index is 0.235. The summed E-state index contributed by atoms with van der Waals surface area (Å²) in [6.07, 6.45) is 0.894. The van der Waals surface area contributed by atoms with Gasteiger partial charge in [0.15, 0.2) is 0 Å². The van der Waals surface area contributed by atoms with E-state index in [0.717, 1.165) is 11.1 Å². The highest BCUT2D eigenvalue weighted by atomic mass is 16.1. The van der Waals surface area contributed by atoms with E-state index in [1.807, 2.05) is 60.7 Å². The lowest BCUT2D eigenvalue weighted by atomic mass is 10.1. The van der Waals surface area contributed by atoms with E-state index in [4.69, 9.17) is 0 Å². The molecule has 0 saturated carbocycles. The van der Waals surface area contributed by atoms with E-state index < -0.39 is 0 Å². The molecule has 5 aromatic rings. The van der Waals surface area contributed by atoms with Gasteiger partial charge < -0.3 is 9.97 Å². The van der Waals surface area contributed by atoms with Crippen molar-refractivity contribution in [3.05, 3.63) is 116 Å². The molecule has 0 aliphatic carbocycles. The van der Waals surface area contributed by atoms with Gasteiger partial charge in [-0.1, -0.05) is 60.7 Å². The Kier molecular flexibility index (Phi) is 4.44. The maximum absolute atomic E-state index is 12.5. The number of benzene rings is 3. The lowest BCUT2D eigenvalue weighted by Gasteiger charge is -2.06. The van der Waals surface area contributed by atoms with Gasteiger partial charge in [-0.25, -0.2) is 9.97 Å². The first-order valence-corrected chi connectivity index (χ1v) is 9.69. The molecule has 0 amide bonds. The first-order chi connectivity index (χ1) is 14.7. The van der Waals surface area contributed by atoms with Crippen LogP contribution in [0, 0.1) is 0 Å². The lowest BCUT2D eigenvalue weighted by molar-refractivity contribution is 1.02. The Labute approximate surface area is 171 Å². The van der Waals surface area contributed by atoms with Crippen molar-refractivity contribution in [3.63, 3.8) is 0 Å². The van der Waals surface area contributed by atoms with Gasteiger partial charge in [-0.2, -0.15) is 0 Å². The second-order valence-corrected chi connectivity index (χ2v) is 7.24. The fourth-order valence-electron chi connectivity index (χ4n) is 3.56. The Bertz CT molecular complexity index is 1360. The zero-order valence-electron chi connectivity index (χ0n) is 16.1. The lowest BCUT2D eigenvalue weighted by Crippen LogP contribution is -2.17. The number of aromatic amines is 2. The van der Waals surface area contributed by atoms with Gasteiger partial charge in [-0.3, -0.25) is 9.59 Å². The number of aromatic nitrogens is 4. The highest BCUT2D eigenvalue weighted by molar-refractivity contribution is 5.90. The summed E-state index contributed by atoms with van der Waals surface area (Å²) in [5.74, 6) is 0. The fourth-order valence-corrected chi connectivity index (χ4v) is 3.56. The second-order valence-electron chi connectivity index (χ2n) is 7.24. The molecule has 146 valence electrons. The van der Waals surface area contributed by atoms with E-state index >= 15 is 0 Å². The van der Waals surface area contributed by atoms with E-state index in [-0.39, 0.29) is 11.1 Å². The van der Waals surface area contributed by atoms with Gasteiger partial charge in [0.05, 0.1) is 22.1 Å². The van der Waals surface area contributed by atoms with Crippen molar-refractivity contribution in [3.8, 4) is 0 Å². The molecule has 0 fully saturated rings. The van der Waals surface area contributed by atoms with Gasteiger partial charge in [0, 0.05) is 12.8 Å². The van der Waals surface area contributed by atoms with Crippen LogP contribution in [0.3, 0.4) is 0 Å². The number of hydrogen-bond acceptors (Lipinski definition) is 4. The molecule has 2 aromatic heterocycles. The zero-order chi connectivity index (χ0) is 20.5. The third-order valence-electron chi connectivity index (χ3n) is 5.07. The van der Waals surface area contributed by atoms with Crippen molar-refractivity contribution in [2.75, 3.05) is 0 Å². The smallest absolute Gasteiger partial charge is 0.270 e. The standard InChI is InChI=1S/C24H18N4O2/c29-23-21(11-15-7-3-1-4-8-15)25-17-13-18-20(14-19(17)27-23)28-24(30)22(26-18)12-16-9-5-2-6-10-16/h1-10,13-14H,11-12H2,(H,27,29)(H,28,30). The van der Waals surface area contributed by atoms with Gasteiger partial charge >= 0.3 is 0 Å². The molecule has 0 spiro atoms. The monoisotopic (exact) mass is 394 g/mol. The molecule has 0 radical (unpaired) electrons. The van der Waals surface area contributed by atoms with Crippen molar-refractivity contribution >= 4 is 22.1 Å². The van der Waals surface area contributed by atoms with Crippen molar-refractivity contribution < 1.29 is 0 Å². The van der Waals surface area contributed by atoms with E-state index in [1.165, 1.54) is 0 Å². The van der Waals surface area contributed by atoms with Crippen LogP contribution >= 0.6 is 0 Å². The number of rotatable bonds is 4. The van der Waals surface area contributed by atoms with Crippen molar-refractivity contribution in [1.82, 2.24) is 19.9 Å². The van der Waals surface area contributed by atoms with Crippen LogP contribution in [0.25, 0.3) is 22.1 Å². The maximum atomic E-state index is 12.5. The average molecular weight is 394 g/mol. The molecule has 0 aliphatic rings. The van der Waals surface area contributed by atoms with Crippen LogP contribution in [-0.4, -0.2) is 19.9 Å². The Balaban J connectivity index is 1.59. The van der Waals surface area contributed by atoms with Crippen LogP contribution in [0.2, 0.25) is 0 Å². The third-order valence-corrected chi connectivity index (χ3v) is 5.07. The average Bonchev–Trinajstić information content (AvgIpc) is 2.75.